The minimum Gasteiger partial charge on any atom is -0.497 e. The molecule has 130 valence electrons. The van der Waals surface area contributed by atoms with Crippen molar-refractivity contribution in [2.24, 2.45) is 7.05 Å². The van der Waals surface area contributed by atoms with Crippen LogP contribution in [0.15, 0.2) is 30.5 Å². The van der Waals surface area contributed by atoms with Crippen molar-refractivity contribution in [3.05, 3.63) is 41.7 Å². The van der Waals surface area contributed by atoms with Gasteiger partial charge in [0.1, 0.15) is 11.5 Å². The molecule has 2 heterocycles. The fraction of sp³-hybridized carbons (Fsp3) is 0.526. The number of methoxy groups -OCH3 is 2. The van der Waals surface area contributed by atoms with Gasteiger partial charge in [0.15, 0.2) is 0 Å². The Morgan fingerprint density at radius 2 is 1.83 bits per heavy atom. The van der Waals surface area contributed by atoms with Gasteiger partial charge in [-0.25, -0.2) is 0 Å². The Morgan fingerprint density at radius 3 is 2.46 bits per heavy atom. The average molecular weight is 329 g/mol. The van der Waals surface area contributed by atoms with Gasteiger partial charge in [0.25, 0.3) is 0 Å². The van der Waals surface area contributed by atoms with E-state index in [0.717, 1.165) is 31.0 Å². The zero-order valence-electron chi connectivity index (χ0n) is 14.9. The first kappa shape index (κ1) is 16.8. The summed E-state index contributed by atoms with van der Waals surface area (Å²) in [6, 6.07) is 8.65. The van der Waals surface area contributed by atoms with E-state index in [1.807, 2.05) is 24.0 Å². The number of nitrogens with zero attached hydrogens (tertiary/aromatic N) is 3. The number of benzene rings is 1. The van der Waals surface area contributed by atoms with Crippen LogP contribution in [0.3, 0.4) is 0 Å². The first-order valence-electron chi connectivity index (χ1n) is 8.65. The lowest BCUT2D eigenvalue weighted by Gasteiger charge is -2.29. The molecule has 0 aliphatic carbocycles. The van der Waals surface area contributed by atoms with Gasteiger partial charge < -0.3 is 9.47 Å². The first-order valence-corrected chi connectivity index (χ1v) is 8.65. The van der Waals surface area contributed by atoms with E-state index in [0.29, 0.717) is 6.04 Å². The number of hydrogen-bond acceptors (Lipinski definition) is 4. The molecular weight excluding hydrogens is 302 g/mol. The maximum absolute atomic E-state index is 5.41. The molecule has 1 aromatic carbocycles. The molecule has 0 bridgehead atoms. The topological polar surface area (TPSA) is 39.5 Å². The molecule has 1 aromatic heterocycles. The van der Waals surface area contributed by atoms with Crippen LogP contribution in [0.1, 0.15) is 43.0 Å². The number of aryl methyl sites for hydroxylation is 1. The molecule has 2 aromatic rings. The highest BCUT2D eigenvalue weighted by Gasteiger charge is 2.24. The highest BCUT2D eigenvalue weighted by molar-refractivity contribution is 5.38. The minimum absolute atomic E-state index is 0.380. The van der Waals surface area contributed by atoms with Gasteiger partial charge in [-0.2, -0.15) is 5.10 Å². The Balaban J connectivity index is 1.84. The lowest BCUT2D eigenvalue weighted by atomic mass is 10.1. The molecular formula is C19H27N3O2. The molecule has 0 saturated carbocycles. The Kier molecular flexibility index (Phi) is 5.41. The van der Waals surface area contributed by atoms with Crippen LogP contribution in [0.2, 0.25) is 0 Å². The monoisotopic (exact) mass is 329 g/mol. The summed E-state index contributed by atoms with van der Waals surface area (Å²) >= 11 is 0. The van der Waals surface area contributed by atoms with E-state index in [9.17, 15) is 0 Å². The first-order chi connectivity index (χ1) is 11.7. The molecule has 5 nitrogen and oxygen atoms in total. The van der Waals surface area contributed by atoms with Gasteiger partial charge in [-0.15, -0.1) is 0 Å². The molecule has 5 heteroatoms. The van der Waals surface area contributed by atoms with Crippen molar-refractivity contribution in [1.29, 1.82) is 0 Å². The maximum atomic E-state index is 5.41. The lowest BCUT2D eigenvalue weighted by Crippen LogP contribution is -2.28. The Labute approximate surface area is 144 Å². The van der Waals surface area contributed by atoms with Crippen molar-refractivity contribution >= 4 is 0 Å². The molecule has 0 unspecified atom stereocenters. The summed E-state index contributed by atoms with van der Waals surface area (Å²) in [5, 5.41) is 4.66. The molecule has 1 fully saturated rings. The highest BCUT2D eigenvalue weighted by Crippen LogP contribution is 2.32. The standard InChI is InChI=1S/C19H27N3O2/c1-21-10-8-18(20-21)19-7-5-4-6-9-22(19)14-15-11-16(23-2)13-17(12-15)24-3/h8,10-13,19H,4-7,9,14H2,1-3H3/t19-/m0/s1. The van der Waals surface area contributed by atoms with Crippen LogP contribution in [0.4, 0.5) is 0 Å². The van der Waals surface area contributed by atoms with E-state index in [1.54, 1.807) is 14.2 Å². The zero-order chi connectivity index (χ0) is 16.9. The van der Waals surface area contributed by atoms with Crippen LogP contribution in [-0.2, 0) is 13.6 Å². The third-order valence-electron chi connectivity index (χ3n) is 4.74. The van der Waals surface area contributed by atoms with E-state index < -0.39 is 0 Å². The molecule has 3 rings (SSSR count). The van der Waals surface area contributed by atoms with Gasteiger partial charge >= 0.3 is 0 Å². The Morgan fingerprint density at radius 1 is 1.08 bits per heavy atom. The summed E-state index contributed by atoms with van der Waals surface area (Å²) in [7, 11) is 5.37. The van der Waals surface area contributed by atoms with Gasteiger partial charge in [0.05, 0.1) is 26.0 Å². The quantitative estimate of drug-likeness (QED) is 0.841. The largest absolute Gasteiger partial charge is 0.497 e. The summed E-state index contributed by atoms with van der Waals surface area (Å²) in [5.74, 6) is 1.68. The van der Waals surface area contributed by atoms with Gasteiger partial charge in [-0.05, 0) is 43.1 Å². The second-order valence-electron chi connectivity index (χ2n) is 6.47. The fourth-order valence-electron chi connectivity index (χ4n) is 3.49. The van der Waals surface area contributed by atoms with Gasteiger partial charge in [-0.1, -0.05) is 12.8 Å². The van der Waals surface area contributed by atoms with E-state index >= 15 is 0 Å². The summed E-state index contributed by atoms with van der Waals surface area (Å²) in [4.78, 5) is 2.55. The summed E-state index contributed by atoms with van der Waals surface area (Å²) in [6.45, 7) is 1.98. The molecule has 0 N–H and O–H groups in total. The molecule has 1 aliphatic rings. The number of rotatable bonds is 5. The van der Waals surface area contributed by atoms with Crippen molar-refractivity contribution in [1.82, 2.24) is 14.7 Å². The predicted octanol–water partition coefficient (Wildman–Crippen LogP) is 3.55. The fourth-order valence-corrected chi connectivity index (χ4v) is 3.49. The predicted molar refractivity (Wildman–Crippen MR) is 94.4 cm³/mol. The maximum Gasteiger partial charge on any atom is 0.122 e. The van der Waals surface area contributed by atoms with Crippen LogP contribution in [-0.4, -0.2) is 35.4 Å². The van der Waals surface area contributed by atoms with Crippen molar-refractivity contribution < 1.29 is 9.47 Å². The van der Waals surface area contributed by atoms with Gasteiger partial charge in [0, 0.05) is 25.9 Å². The molecule has 0 radical (unpaired) electrons. The van der Waals surface area contributed by atoms with Crippen LogP contribution < -0.4 is 9.47 Å². The van der Waals surface area contributed by atoms with Crippen molar-refractivity contribution in [3.63, 3.8) is 0 Å². The van der Waals surface area contributed by atoms with Crippen molar-refractivity contribution in [3.8, 4) is 11.5 Å². The van der Waals surface area contributed by atoms with Crippen molar-refractivity contribution in [2.45, 2.75) is 38.3 Å². The smallest absolute Gasteiger partial charge is 0.122 e. The van der Waals surface area contributed by atoms with Gasteiger partial charge in [-0.3, -0.25) is 9.58 Å². The van der Waals surface area contributed by atoms with Gasteiger partial charge in [0.2, 0.25) is 0 Å². The molecule has 1 atom stereocenters. The average Bonchev–Trinajstić information content (AvgIpc) is 2.89. The lowest BCUT2D eigenvalue weighted by molar-refractivity contribution is 0.187. The molecule has 24 heavy (non-hydrogen) atoms. The normalized spacial score (nSPS) is 19.0. The SMILES string of the molecule is COc1cc(CN2CCCCC[C@H]2c2ccn(C)n2)cc(OC)c1. The van der Waals surface area contributed by atoms with Crippen LogP contribution >= 0.6 is 0 Å². The minimum atomic E-state index is 0.380. The van der Waals surface area contributed by atoms with Crippen LogP contribution in [0.25, 0.3) is 0 Å². The second kappa shape index (κ2) is 7.71. The number of aromatic nitrogens is 2. The number of likely N-dealkylation sites (tertiary alicyclic amines) is 1. The highest BCUT2D eigenvalue weighted by atomic mass is 16.5. The molecule has 0 spiro atoms. The molecule has 1 saturated heterocycles. The van der Waals surface area contributed by atoms with Crippen LogP contribution in [0, 0.1) is 0 Å². The van der Waals surface area contributed by atoms with Crippen molar-refractivity contribution in [2.75, 3.05) is 20.8 Å². The third kappa shape index (κ3) is 3.90. The summed E-state index contributed by atoms with van der Waals surface area (Å²) in [6.07, 6.45) is 7.00. The zero-order valence-corrected chi connectivity index (χ0v) is 14.9. The molecule has 0 amide bonds. The summed E-state index contributed by atoms with van der Waals surface area (Å²) < 4.78 is 12.7. The Hall–Kier alpha value is -2.01. The van der Waals surface area contributed by atoms with E-state index in [2.05, 4.69) is 28.2 Å². The number of hydrogen-bond donors (Lipinski definition) is 0. The number of ether oxygens (including phenoxy) is 2. The third-order valence-corrected chi connectivity index (χ3v) is 4.74. The Bertz CT molecular complexity index is 646. The van der Waals surface area contributed by atoms with Crippen LogP contribution in [0.5, 0.6) is 11.5 Å². The van der Waals surface area contributed by atoms with E-state index in [-0.39, 0.29) is 0 Å². The van der Waals surface area contributed by atoms with E-state index in [1.165, 1.54) is 30.5 Å². The summed E-state index contributed by atoms with van der Waals surface area (Å²) in [5.41, 5.74) is 2.39. The second-order valence-corrected chi connectivity index (χ2v) is 6.47. The molecule has 1 aliphatic heterocycles. The van der Waals surface area contributed by atoms with E-state index in [4.69, 9.17) is 9.47 Å².